The van der Waals surface area contributed by atoms with Crippen molar-refractivity contribution in [3.63, 3.8) is 0 Å². The van der Waals surface area contributed by atoms with Gasteiger partial charge in [-0.1, -0.05) is 31.0 Å². The van der Waals surface area contributed by atoms with Gasteiger partial charge in [0.25, 0.3) is 5.91 Å². The Morgan fingerprint density at radius 2 is 2.13 bits per heavy atom. The number of carbonyl (C=O) groups is 1. The average Bonchev–Trinajstić information content (AvgIpc) is 3.17. The molecule has 3 heterocycles. The molecule has 160 valence electrons. The number of aryl methyl sites for hydroxylation is 1. The van der Waals surface area contributed by atoms with Gasteiger partial charge in [0, 0.05) is 23.7 Å². The quantitative estimate of drug-likeness (QED) is 0.440. The lowest BCUT2D eigenvalue weighted by molar-refractivity contribution is -0.123. The molecule has 0 aliphatic carbocycles. The second-order valence-electron chi connectivity index (χ2n) is 7.18. The lowest BCUT2D eigenvalue weighted by atomic mass is 10.1. The van der Waals surface area contributed by atoms with Crippen molar-refractivity contribution in [2.45, 2.75) is 32.7 Å². The van der Waals surface area contributed by atoms with Crippen molar-refractivity contribution in [3.05, 3.63) is 69.4 Å². The number of nitrogens with zero attached hydrogens (tertiary/aromatic N) is 3. The molecule has 0 saturated carbocycles. The Bertz CT molecular complexity index is 1310. The summed E-state index contributed by atoms with van der Waals surface area (Å²) in [7, 11) is 0. The molecule has 0 radical (unpaired) electrons. The highest BCUT2D eigenvalue weighted by Gasteiger charge is 2.17. The van der Waals surface area contributed by atoms with Crippen LogP contribution in [0.5, 0.6) is 5.75 Å². The molecule has 0 fully saturated rings. The molecule has 0 bridgehead atoms. The first-order valence-electron chi connectivity index (χ1n) is 9.94. The molecule has 4 rings (SSSR count). The zero-order valence-corrected chi connectivity index (χ0v) is 17.8. The molecule has 0 aliphatic rings. The van der Waals surface area contributed by atoms with Crippen molar-refractivity contribution in [2.24, 2.45) is 0 Å². The van der Waals surface area contributed by atoms with Gasteiger partial charge in [-0.2, -0.15) is 0 Å². The Morgan fingerprint density at radius 3 is 2.94 bits per heavy atom. The van der Waals surface area contributed by atoms with Gasteiger partial charge in [0.15, 0.2) is 18.1 Å². The maximum absolute atomic E-state index is 12.4. The van der Waals surface area contributed by atoms with E-state index in [0.29, 0.717) is 22.1 Å². The van der Waals surface area contributed by atoms with Crippen molar-refractivity contribution in [1.82, 2.24) is 19.9 Å². The molecule has 9 heteroatoms. The van der Waals surface area contributed by atoms with Gasteiger partial charge in [-0.25, -0.2) is 4.79 Å². The smallest absolute Gasteiger partial charge is 0.336 e. The van der Waals surface area contributed by atoms with Gasteiger partial charge in [0.2, 0.25) is 0 Å². The maximum Gasteiger partial charge on any atom is 0.336 e. The Labute approximate surface area is 182 Å². The van der Waals surface area contributed by atoms with Gasteiger partial charge in [-0.15, -0.1) is 10.2 Å². The van der Waals surface area contributed by atoms with Crippen molar-refractivity contribution in [1.29, 1.82) is 0 Å². The molecule has 1 N–H and O–H groups in total. The maximum atomic E-state index is 12.4. The third kappa shape index (κ3) is 4.39. The SMILES string of the molecule is CCCc1cc(=O)oc2cc(OCC(=O)N[C@H](C)c3nnc4ccccn34)c(Cl)cc12. The molecule has 31 heavy (non-hydrogen) atoms. The minimum absolute atomic E-state index is 0.259. The van der Waals surface area contributed by atoms with Gasteiger partial charge < -0.3 is 14.5 Å². The van der Waals surface area contributed by atoms with Crippen molar-refractivity contribution in [3.8, 4) is 5.75 Å². The topological polar surface area (TPSA) is 98.7 Å². The van der Waals surface area contributed by atoms with Crippen LogP contribution in [0.4, 0.5) is 0 Å². The number of hydrogen-bond acceptors (Lipinski definition) is 6. The summed E-state index contributed by atoms with van der Waals surface area (Å²) in [6, 6.07) is 9.90. The van der Waals surface area contributed by atoms with Gasteiger partial charge in [-0.05, 0) is 37.1 Å². The summed E-state index contributed by atoms with van der Waals surface area (Å²) in [6.45, 7) is 3.58. The Kier molecular flexibility index (Phi) is 5.90. The van der Waals surface area contributed by atoms with Crippen LogP contribution in [-0.4, -0.2) is 27.1 Å². The number of nitrogens with one attached hydrogen (secondary N) is 1. The van der Waals surface area contributed by atoms with Crippen molar-refractivity contribution >= 4 is 34.1 Å². The van der Waals surface area contributed by atoms with Crippen LogP contribution in [0.3, 0.4) is 0 Å². The zero-order valence-electron chi connectivity index (χ0n) is 17.1. The van der Waals surface area contributed by atoms with E-state index in [4.69, 9.17) is 20.8 Å². The van der Waals surface area contributed by atoms with Crippen LogP contribution < -0.4 is 15.7 Å². The van der Waals surface area contributed by atoms with Crippen LogP contribution in [-0.2, 0) is 11.2 Å². The van der Waals surface area contributed by atoms with E-state index in [1.54, 1.807) is 12.1 Å². The van der Waals surface area contributed by atoms with Gasteiger partial charge in [0.1, 0.15) is 11.3 Å². The van der Waals surface area contributed by atoms with Crippen LogP contribution in [0.2, 0.25) is 5.02 Å². The highest BCUT2D eigenvalue weighted by molar-refractivity contribution is 6.32. The van der Waals surface area contributed by atoms with Crippen molar-refractivity contribution < 1.29 is 13.9 Å². The third-order valence-electron chi connectivity index (χ3n) is 4.87. The lowest BCUT2D eigenvalue weighted by Gasteiger charge is -2.14. The fourth-order valence-corrected chi connectivity index (χ4v) is 3.68. The van der Waals surface area contributed by atoms with Gasteiger partial charge in [0.05, 0.1) is 11.1 Å². The van der Waals surface area contributed by atoms with E-state index in [1.807, 2.05) is 42.6 Å². The summed E-state index contributed by atoms with van der Waals surface area (Å²) in [5.74, 6) is 0.525. The largest absolute Gasteiger partial charge is 0.482 e. The highest BCUT2D eigenvalue weighted by atomic mass is 35.5. The summed E-state index contributed by atoms with van der Waals surface area (Å²) < 4.78 is 12.7. The van der Waals surface area contributed by atoms with E-state index in [1.165, 1.54) is 6.07 Å². The predicted molar refractivity (Wildman–Crippen MR) is 117 cm³/mol. The monoisotopic (exact) mass is 440 g/mol. The van der Waals surface area contributed by atoms with E-state index < -0.39 is 5.63 Å². The molecule has 4 aromatic rings. The zero-order chi connectivity index (χ0) is 22.0. The summed E-state index contributed by atoms with van der Waals surface area (Å²) in [5.41, 5.74) is 1.51. The van der Waals surface area contributed by atoms with Gasteiger partial charge >= 0.3 is 5.63 Å². The number of fused-ring (bicyclic) bond motifs is 2. The van der Waals surface area contributed by atoms with E-state index in [-0.39, 0.29) is 24.3 Å². The molecule has 8 nitrogen and oxygen atoms in total. The first-order chi connectivity index (χ1) is 15.0. The Balaban J connectivity index is 1.47. The Morgan fingerprint density at radius 1 is 1.29 bits per heavy atom. The molecule has 1 atom stereocenters. The fraction of sp³-hybridized carbons (Fsp3) is 0.273. The first kappa shape index (κ1) is 20.9. The highest BCUT2D eigenvalue weighted by Crippen LogP contribution is 2.31. The molecule has 0 saturated heterocycles. The molecule has 0 aliphatic heterocycles. The van der Waals surface area contributed by atoms with Crippen LogP contribution in [0, 0.1) is 0 Å². The Hall–Kier alpha value is -3.39. The van der Waals surface area contributed by atoms with Crippen molar-refractivity contribution in [2.75, 3.05) is 6.61 Å². The second kappa shape index (κ2) is 8.77. The number of ether oxygens (including phenoxy) is 1. The normalized spacial score (nSPS) is 12.2. The molecule has 3 aromatic heterocycles. The van der Waals surface area contributed by atoms with Crippen LogP contribution >= 0.6 is 11.6 Å². The summed E-state index contributed by atoms with van der Waals surface area (Å²) in [6.07, 6.45) is 3.45. The molecular formula is C22H21ClN4O4. The standard InChI is InChI=1S/C22H21ClN4O4/c1-3-6-14-9-21(29)31-17-11-18(16(23)10-15(14)17)30-12-20(28)24-13(2)22-26-25-19-7-4-5-8-27(19)22/h4-5,7-11,13H,3,6,12H2,1-2H3,(H,24,28)/t13-/m1/s1. The van der Waals surface area contributed by atoms with Crippen LogP contribution in [0.1, 0.15) is 37.7 Å². The predicted octanol–water partition coefficient (Wildman–Crippen LogP) is 3.70. The molecule has 0 unspecified atom stereocenters. The average molecular weight is 441 g/mol. The molecule has 1 aromatic carbocycles. The third-order valence-corrected chi connectivity index (χ3v) is 5.16. The fourth-order valence-electron chi connectivity index (χ4n) is 3.46. The minimum Gasteiger partial charge on any atom is -0.482 e. The molecular weight excluding hydrogens is 420 g/mol. The summed E-state index contributed by atoms with van der Waals surface area (Å²) >= 11 is 6.35. The number of benzene rings is 1. The number of halogens is 1. The number of rotatable bonds is 7. The van der Waals surface area contributed by atoms with E-state index >= 15 is 0 Å². The lowest BCUT2D eigenvalue weighted by Crippen LogP contribution is -2.32. The first-order valence-corrected chi connectivity index (χ1v) is 10.3. The van der Waals surface area contributed by atoms with E-state index in [0.717, 1.165) is 23.8 Å². The summed E-state index contributed by atoms with van der Waals surface area (Å²) in [4.78, 5) is 24.3. The van der Waals surface area contributed by atoms with Crippen LogP contribution in [0.25, 0.3) is 16.6 Å². The number of pyridine rings is 1. The van der Waals surface area contributed by atoms with Crippen LogP contribution in [0.15, 0.2) is 51.8 Å². The van der Waals surface area contributed by atoms with E-state index in [9.17, 15) is 9.59 Å². The summed E-state index contributed by atoms with van der Waals surface area (Å²) in [5, 5.41) is 12.2. The number of hydrogen-bond donors (Lipinski definition) is 1. The number of carbonyl (C=O) groups excluding carboxylic acids is 1. The van der Waals surface area contributed by atoms with E-state index in [2.05, 4.69) is 15.5 Å². The second-order valence-corrected chi connectivity index (χ2v) is 7.59. The van der Waals surface area contributed by atoms with Gasteiger partial charge in [-0.3, -0.25) is 9.20 Å². The number of amides is 1. The molecule has 0 spiro atoms. The number of aromatic nitrogens is 3. The minimum atomic E-state index is -0.434. The molecule has 1 amide bonds.